The molecule has 2 nitrogen and oxygen atoms in total. The maximum absolute atomic E-state index is 9.73. The number of hydrogen-bond acceptors (Lipinski definition) is 3. The quantitative estimate of drug-likeness (QED) is 0.749. The van der Waals surface area contributed by atoms with Crippen molar-refractivity contribution in [2.75, 3.05) is 0 Å². The van der Waals surface area contributed by atoms with Crippen LogP contribution in [0.4, 0.5) is 0 Å². The number of thiophene rings is 1. The Bertz CT molecular complexity index is 481. The lowest BCUT2D eigenvalue weighted by Crippen LogP contribution is -1.81. The van der Waals surface area contributed by atoms with Gasteiger partial charge in [0.2, 0.25) is 0 Å². The van der Waals surface area contributed by atoms with Crippen molar-refractivity contribution in [2.45, 2.75) is 6.42 Å². The van der Waals surface area contributed by atoms with Gasteiger partial charge in [0.1, 0.15) is 5.75 Å². The Morgan fingerprint density at radius 2 is 2.23 bits per heavy atom. The Kier molecular flexibility index (Phi) is 1.91. The molecule has 0 amide bonds. The van der Waals surface area contributed by atoms with Gasteiger partial charge in [0.25, 0.3) is 0 Å². The highest BCUT2D eigenvalue weighted by Gasteiger charge is 2.05. The number of nitrogens with zero attached hydrogens (tertiary/aromatic N) is 1. The third-order valence-corrected chi connectivity index (χ3v) is 2.84. The molecule has 0 saturated carbocycles. The van der Waals surface area contributed by atoms with E-state index in [1.165, 1.54) is 0 Å². The summed E-state index contributed by atoms with van der Waals surface area (Å²) in [4.78, 5) is 0. The van der Waals surface area contributed by atoms with E-state index in [9.17, 15) is 5.11 Å². The number of nitriles is 1. The molecule has 64 valence electrons. The van der Waals surface area contributed by atoms with E-state index in [1.807, 2.05) is 23.6 Å². The largest absolute Gasteiger partial charge is 0.507 e. The minimum atomic E-state index is 0.250. The summed E-state index contributed by atoms with van der Waals surface area (Å²) in [5, 5.41) is 21.0. The van der Waals surface area contributed by atoms with Gasteiger partial charge in [0.05, 0.1) is 12.5 Å². The zero-order valence-electron chi connectivity index (χ0n) is 6.82. The van der Waals surface area contributed by atoms with Crippen LogP contribution in [0, 0.1) is 11.3 Å². The van der Waals surface area contributed by atoms with Gasteiger partial charge in [0, 0.05) is 15.6 Å². The topological polar surface area (TPSA) is 44.0 Å². The molecule has 0 aliphatic carbocycles. The van der Waals surface area contributed by atoms with Crippen LogP contribution in [-0.4, -0.2) is 5.11 Å². The van der Waals surface area contributed by atoms with Crippen molar-refractivity contribution in [3.05, 3.63) is 29.1 Å². The lowest BCUT2D eigenvalue weighted by Gasteiger charge is -2.00. The van der Waals surface area contributed by atoms with E-state index < -0.39 is 0 Å². The Hall–Kier alpha value is -1.53. The predicted molar refractivity (Wildman–Crippen MR) is 52.8 cm³/mol. The Balaban J connectivity index is 2.67. The highest BCUT2D eigenvalue weighted by Crippen LogP contribution is 2.32. The molecule has 0 fully saturated rings. The van der Waals surface area contributed by atoms with E-state index in [2.05, 4.69) is 0 Å². The minimum Gasteiger partial charge on any atom is -0.507 e. The summed E-state index contributed by atoms with van der Waals surface area (Å²) in [6.45, 7) is 0. The van der Waals surface area contributed by atoms with Crippen molar-refractivity contribution >= 4 is 21.4 Å². The zero-order valence-corrected chi connectivity index (χ0v) is 7.64. The Morgan fingerprint density at radius 3 is 3.00 bits per heavy atom. The van der Waals surface area contributed by atoms with Gasteiger partial charge in [-0.15, -0.1) is 11.3 Å². The maximum Gasteiger partial charge on any atom is 0.128 e. The first-order valence-corrected chi connectivity index (χ1v) is 4.76. The molecule has 2 rings (SSSR count). The molecule has 0 bridgehead atoms. The summed E-state index contributed by atoms with van der Waals surface area (Å²) in [5.41, 5.74) is 0.702. The fraction of sp³-hybridized carbons (Fsp3) is 0.100. The lowest BCUT2D eigenvalue weighted by molar-refractivity contribution is 0.476. The second-order valence-electron chi connectivity index (χ2n) is 2.74. The van der Waals surface area contributed by atoms with E-state index in [0.29, 0.717) is 5.56 Å². The predicted octanol–water partition coefficient (Wildman–Crippen LogP) is 2.67. The molecule has 0 atom stereocenters. The van der Waals surface area contributed by atoms with Crippen LogP contribution in [0.2, 0.25) is 0 Å². The number of rotatable bonds is 1. The van der Waals surface area contributed by atoms with E-state index >= 15 is 0 Å². The first-order valence-electron chi connectivity index (χ1n) is 3.88. The molecule has 1 heterocycles. The van der Waals surface area contributed by atoms with Gasteiger partial charge in [0.15, 0.2) is 0 Å². The first kappa shape index (κ1) is 8.09. The summed E-state index contributed by atoms with van der Waals surface area (Å²) in [5.74, 6) is 0.250. The van der Waals surface area contributed by atoms with Crippen molar-refractivity contribution in [1.29, 1.82) is 5.26 Å². The van der Waals surface area contributed by atoms with E-state index in [0.717, 1.165) is 10.1 Å². The van der Waals surface area contributed by atoms with Gasteiger partial charge < -0.3 is 5.11 Å². The number of phenolic OH excluding ortho intramolecular Hbond substituents is 1. The number of phenols is 1. The van der Waals surface area contributed by atoms with Crippen LogP contribution in [0.25, 0.3) is 10.1 Å². The van der Waals surface area contributed by atoms with Crippen LogP contribution < -0.4 is 0 Å². The smallest absolute Gasteiger partial charge is 0.128 e. The summed E-state index contributed by atoms with van der Waals surface area (Å²) in [6, 6.07) is 7.64. The molecular formula is C10H7NOS. The van der Waals surface area contributed by atoms with Gasteiger partial charge >= 0.3 is 0 Å². The standard InChI is InChI=1S/C10H7NOS/c11-5-3-7-1-2-9-8(10(7)12)4-6-13-9/h1-2,4,6,12H,3H2. The first-order chi connectivity index (χ1) is 6.33. The van der Waals surface area contributed by atoms with Crippen LogP contribution in [0.5, 0.6) is 5.75 Å². The molecule has 1 aromatic carbocycles. The molecule has 0 aliphatic rings. The molecule has 0 spiro atoms. The second kappa shape index (κ2) is 3.08. The van der Waals surface area contributed by atoms with E-state index in [-0.39, 0.29) is 12.2 Å². The summed E-state index contributed by atoms with van der Waals surface area (Å²) in [6.07, 6.45) is 0.262. The van der Waals surface area contributed by atoms with Crippen LogP contribution in [-0.2, 0) is 6.42 Å². The molecule has 2 aromatic rings. The average molecular weight is 189 g/mol. The monoisotopic (exact) mass is 189 g/mol. The minimum absolute atomic E-state index is 0.250. The highest BCUT2D eigenvalue weighted by molar-refractivity contribution is 7.17. The average Bonchev–Trinajstić information content (AvgIpc) is 2.58. The molecule has 0 unspecified atom stereocenters. The SMILES string of the molecule is N#CCc1ccc2sccc2c1O. The van der Waals surface area contributed by atoms with Gasteiger partial charge in [-0.1, -0.05) is 6.07 Å². The number of aromatic hydroxyl groups is 1. The summed E-state index contributed by atoms with van der Waals surface area (Å²) in [7, 11) is 0. The third-order valence-electron chi connectivity index (χ3n) is 1.96. The van der Waals surface area contributed by atoms with Crippen molar-refractivity contribution in [1.82, 2.24) is 0 Å². The molecular weight excluding hydrogens is 182 g/mol. The van der Waals surface area contributed by atoms with Gasteiger partial charge in [-0.25, -0.2) is 0 Å². The number of hydrogen-bond donors (Lipinski definition) is 1. The van der Waals surface area contributed by atoms with Crippen molar-refractivity contribution in [3.8, 4) is 11.8 Å². The molecule has 0 saturated heterocycles. The Morgan fingerprint density at radius 1 is 1.38 bits per heavy atom. The van der Waals surface area contributed by atoms with Crippen molar-refractivity contribution in [2.24, 2.45) is 0 Å². The van der Waals surface area contributed by atoms with Gasteiger partial charge in [-0.05, 0) is 17.5 Å². The van der Waals surface area contributed by atoms with Gasteiger partial charge in [-0.3, -0.25) is 0 Å². The molecule has 0 aliphatic heterocycles. The summed E-state index contributed by atoms with van der Waals surface area (Å²) < 4.78 is 1.05. The molecule has 1 aromatic heterocycles. The molecule has 1 N–H and O–H groups in total. The highest BCUT2D eigenvalue weighted by atomic mass is 32.1. The van der Waals surface area contributed by atoms with Crippen molar-refractivity contribution in [3.63, 3.8) is 0 Å². The third kappa shape index (κ3) is 1.25. The van der Waals surface area contributed by atoms with E-state index in [1.54, 1.807) is 17.4 Å². The molecule has 3 heteroatoms. The molecule has 0 radical (unpaired) electrons. The Labute approximate surface area is 79.7 Å². The van der Waals surface area contributed by atoms with Gasteiger partial charge in [-0.2, -0.15) is 5.26 Å². The van der Waals surface area contributed by atoms with Crippen LogP contribution in [0.15, 0.2) is 23.6 Å². The van der Waals surface area contributed by atoms with Crippen LogP contribution in [0.1, 0.15) is 5.56 Å². The summed E-state index contributed by atoms with van der Waals surface area (Å²) >= 11 is 1.59. The van der Waals surface area contributed by atoms with E-state index in [4.69, 9.17) is 5.26 Å². The molecule has 13 heavy (non-hydrogen) atoms. The normalized spacial score (nSPS) is 10.1. The lowest BCUT2D eigenvalue weighted by atomic mass is 10.1. The number of fused-ring (bicyclic) bond motifs is 1. The second-order valence-corrected chi connectivity index (χ2v) is 3.69. The van der Waals surface area contributed by atoms with Crippen molar-refractivity contribution < 1.29 is 5.11 Å². The maximum atomic E-state index is 9.73. The number of benzene rings is 1. The van der Waals surface area contributed by atoms with Crippen LogP contribution >= 0.6 is 11.3 Å². The fourth-order valence-corrected chi connectivity index (χ4v) is 2.09. The fourth-order valence-electron chi connectivity index (χ4n) is 1.30. The zero-order chi connectivity index (χ0) is 9.26. The van der Waals surface area contributed by atoms with Crippen LogP contribution in [0.3, 0.4) is 0 Å².